The predicted octanol–water partition coefficient (Wildman–Crippen LogP) is -2.24. The Bertz CT molecular complexity index is 1250. The van der Waals surface area contributed by atoms with Crippen molar-refractivity contribution >= 4 is 18.9 Å². The van der Waals surface area contributed by atoms with Gasteiger partial charge in [0.15, 0.2) is 11.5 Å². The fourth-order valence-corrected chi connectivity index (χ4v) is 3.40. The SMILES string of the molecule is Cc1cc2nc3c(=O)[nH]c(=O)nc-3n(C[C@@H](O)[C@@H](O)[C@@H](O)COP(=O)([O-])O)c2cc1C. The summed E-state index contributed by atoms with van der Waals surface area (Å²) < 4.78 is 16.0. The third-order valence-corrected chi connectivity index (χ3v) is 5.27. The van der Waals surface area contributed by atoms with Gasteiger partial charge in [0.2, 0.25) is 0 Å². The lowest BCUT2D eigenvalue weighted by atomic mass is 10.1. The number of H-pyrrole nitrogens is 1. The van der Waals surface area contributed by atoms with E-state index in [1.807, 2.05) is 18.8 Å². The van der Waals surface area contributed by atoms with Crippen molar-refractivity contribution in [2.45, 2.75) is 38.7 Å². The maximum atomic E-state index is 12.2. The summed E-state index contributed by atoms with van der Waals surface area (Å²) in [6.45, 7) is 2.20. The van der Waals surface area contributed by atoms with Gasteiger partial charge in [0.25, 0.3) is 13.4 Å². The van der Waals surface area contributed by atoms with Crippen LogP contribution in [-0.2, 0) is 15.6 Å². The summed E-state index contributed by atoms with van der Waals surface area (Å²) in [5.41, 5.74) is 0.565. The number of aliphatic hydroxyl groups excluding tert-OH is 3. The maximum absolute atomic E-state index is 12.2. The first-order valence-electron chi connectivity index (χ1n) is 9.01. The number of nitrogens with one attached hydrogen (secondary N) is 1. The molecule has 0 saturated heterocycles. The molecule has 4 atom stereocenters. The zero-order valence-corrected chi connectivity index (χ0v) is 17.3. The van der Waals surface area contributed by atoms with Crippen LogP contribution in [-0.4, -0.2) is 64.7 Å². The Morgan fingerprint density at radius 2 is 1.81 bits per heavy atom. The number of aryl methyl sites for hydroxylation is 2. The number of phosphoric acid groups is 1. The van der Waals surface area contributed by atoms with Gasteiger partial charge in [-0.1, -0.05) is 0 Å². The summed E-state index contributed by atoms with van der Waals surface area (Å²) in [7, 11) is -5.14. The average Bonchev–Trinajstić information content (AvgIpc) is 2.67. The van der Waals surface area contributed by atoms with Crippen LogP contribution >= 0.6 is 7.82 Å². The van der Waals surface area contributed by atoms with Crippen molar-refractivity contribution in [2.24, 2.45) is 0 Å². The van der Waals surface area contributed by atoms with Gasteiger partial charge in [-0.05, 0) is 37.1 Å². The molecule has 2 aliphatic rings. The van der Waals surface area contributed by atoms with E-state index in [2.05, 4.69) is 14.5 Å². The van der Waals surface area contributed by atoms with Gasteiger partial charge in [-0.2, -0.15) is 4.98 Å². The van der Waals surface area contributed by atoms with Crippen LogP contribution in [0.3, 0.4) is 0 Å². The first kappa shape index (κ1) is 23.2. The minimum Gasteiger partial charge on any atom is -0.756 e. The predicted molar refractivity (Wildman–Crippen MR) is 104 cm³/mol. The van der Waals surface area contributed by atoms with Crippen LogP contribution in [0.25, 0.3) is 22.6 Å². The highest BCUT2D eigenvalue weighted by atomic mass is 31.2. The lowest BCUT2D eigenvalue weighted by molar-refractivity contribution is -0.223. The largest absolute Gasteiger partial charge is 0.756 e. The first-order chi connectivity index (χ1) is 14.4. The molecule has 0 fully saturated rings. The number of fused-ring (bicyclic) bond motifs is 2. The van der Waals surface area contributed by atoms with Crippen molar-refractivity contribution in [2.75, 3.05) is 6.61 Å². The number of aliphatic hydroxyl groups is 3. The molecule has 2 heterocycles. The number of nitrogens with zero attached hydrogens (tertiary/aromatic N) is 3. The molecular formula is C17H20N4O9P-. The number of aromatic nitrogens is 4. The highest BCUT2D eigenvalue weighted by Crippen LogP contribution is 2.30. The Kier molecular flexibility index (Phi) is 6.39. The van der Waals surface area contributed by atoms with Crippen LogP contribution in [0.5, 0.6) is 0 Å². The number of hydrogen-bond donors (Lipinski definition) is 5. The molecule has 1 aromatic rings. The molecule has 0 aromatic heterocycles. The molecular weight excluding hydrogens is 435 g/mol. The summed E-state index contributed by atoms with van der Waals surface area (Å²) >= 11 is 0. The molecule has 2 aliphatic heterocycles. The summed E-state index contributed by atoms with van der Waals surface area (Å²) in [5.74, 6) is -0.152. The van der Waals surface area contributed by atoms with Crippen molar-refractivity contribution < 1.29 is 34.2 Å². The Morgan fingerprint density at radius 1 is 1.16 bits per heavy atom. The number of phosphoric ester groups is 1. The smallest absolute Gasteiger partial charge is 0.349 e. The molecule has 14 heteroatoms. The normalized spacial score (nSPS) is 16.9. The van der Waals surface area contributed by atoms with Gasteiger partial charge in [-0.3, -0.25) is 14.3 Å². The number of benzene rings is 1. The lowest BCUT2D eigenvalue weighted by Gasteiger charge is -2.26. The molecule has 0 radical (unpaired) electrons. The minimum absolute atomic E-state index is 0.152. The molecule has 13 nitrogen and oxygen atoms in total. The Hall–Kier alpha value is -2.51. The molecule has 1 unspecified atom stereocenters. The third kappa shape index (κ3) is 5.05. The number of rotatable bonds is 7. The molecule has 168 valence electrons. The zero-order chi connectivity index (χ0) is 23.1. The van der Waals surface area contributed by atoms with Crippen LogP contribution in [0.1, 0.15) is 11.1 Å². The van der Waals surface area contributed by atoms with Crippen LogP contribution in [0, 0.1) is 13.8 Å². The molecule has 0 saturated carbocycles. The lowest BCUT2D eigenvalue weighted by Crippen LogP contribution is -2.42. The van der Waals surface area contributed by atoms with Gasteiger partial charge in [-0.25, -0.2) is 9.78 Å². The van der Waals surface area contributed by atoms with Crippen LogP contribution < -0.4 is 16.1 Å². The average molecular weight is 455 g/mol. The second-order valence-corrected chi connectivity index (χ2v) is 8.28. The van der Waals surface area contributed by atoms with Crippen molar-refractivity contribution in [1.29, 1.82) is 0 Å². The summed E-state index contributed by atoms with van der Waals surface area (Å²) in [5, 5.41) is 30.5. The number of hydrogen-bond acceptors (Lipinski definition) is 10. The van der Waals surface area contributed by atoms with Crippen LogP contribution in [0.2, 0.25) is 0 Å². The second kappa shape index (κ2) is 8.55. The molecule has 0 amide bonds. The standard InChI is InChI=1S/C17H21N4O9P/c1-7-3-9-10(4-8(7)2)21(15-13(18-9)16(25)20-17(26)19-15)5-11(22)14(24)12(23)6-30-31(27,28)29/h3-4,11-12,14,22-24H,5-6H2,1-2H3,(H,20,25,26)(H2,27,28,29)/p-1/t11-,12+,14-/m1/s1. The van der Waals surface area contributed by atoms with Gasteiger partial charge in [0.05, 0.1) is 24.2 Å². The van der Waals surface area contributed by atoms with E-state index in [9.17, 15) is 34.4 Å². The van der Waals surface area contributed by atoms with E-state index >= 15 is 0 Å². The van der Waals surface area contributed by atoms with E-state index < -0.39 is 50.5 Å². The number of aromatic amines is 1. The fraction of sp³-hybridized carbons (Fsp3) is 0.412. The Labute approximate surface area is 174 Å². The molecule has 5 N–H and O–H groups in total. The topological polar surface area (TPSA) is 211 Å². The van der Waals surface area contributed by atoms with Crippen molar-refractivity contribution in [3.8, 4) is 11.5 Å². The maximum Gasteiger partial charge on any atom is 0.349 e. The van der Waals surface area contributed by atoms with E-state index in [-0.39, 0.29) is 11.5 Å². The van der Waals surface area contributed by atoms with Crippen molar-refractivity contribution in [1.82, 2.24) is 19.5 Å². The molecule has 0 spiro atoms. The van der Waals surface area contributed by atoms with Gasteiger partial charge < -0.3 is 34.2 Å². The Balaban J connectivity index is 2.06. The Morgan fingerprint density at radius 3 is 2.45 bits per heavy atom. The van der Waals surface area contributed by atoms with Crippen molar-refractivity contribution in [3.63, 3.8) is 0 Å². The van der Waals surface area contributed by atoms with E-state index in [1.54, 1.807) is 12.1 Å². The quantitative estimate of drug-likeness (QED) is 0.190. The van der Waals surface area contributed by atoms with E-state index in [0.717, 1.165) is 11.1 Å². The fourth-order valence-electron chi connectivity index (χ4n) is 3.06. The highest BCUT2D eigenvalue weighted by molar-refractivity contribution is 7.44. The van der Waals surface area contributed by atoms with Gasteiger partial charge in [0.1, 0.15) is 18.3 Å². The van der Waals surface area contributed by atoms with Crippen molar-refractivity contribution in [3.05, 3.63) is 44.1 Å². The first-order valence-corrected chi connectivity index (χ1v) is 10.5. The third-order valence-electron chi connectivity index (χ3n) is 4.79. The van der Waals surface area contributed by atoms with Crippen LogP contribution in [0.15, 0.2) is 21.7 Å². The summed E-state index contributed by atoms with van der Waals surface area (Å²) in [6.07, 6.45) is -5.49. The van der Waals surface area contributed by atoms with E-state index in [1.165, 1.54) is 4.57 Å². The molecule has 31 heavy (non-hydrogen) atoms. The highest BCUT2D eigenvalue weighted by Gasteiger charge is 2.28. The van der Waals surface area contributed by atoms with Gasteiger partial charge in [-0.15, -0.1) is 0 Å². The molecule has 1 aromatic carbocycles. The summed E-state index contributed by atoms with van der Waals surface area (Å²) in [4.78, 5) is 53.3. The summed E-state index contributed by atoms with van der Waals surface area (Å²) in [6, 6.07) is 3.40. The zero-order valence-electron chi connectivity index (χ0n) is 16.4. The van der Waals surface area contributed by atoms with Gasteiger partial charge >= 0.3 is 5.69 Å². The van der Waals surface area contributed by atoms with E-state index in [0.29, 0.717) is 11.0 Å². The van der Waals surface area contributed by atoms with Crippen LogP contribution in [0.4, 0.5) is 0 Å². The van der Waals surface area contributed by atoms with E-state index in [4.69, 9.17) is 4.89 Å². The molecule has 3 rings (SSSR count). The molecule has 0 bridgehead atoms. The molecule has 0 aliphatic carbocycles. The van der Waals surface area contributed by atoms with Gasteiger partial charge in [0, 0.05) is 0 Å². The second-order valence-electron chi connectivity index (χ2n) is 7.08. The monoisotopic (exact) mass is 455 g/mol. The minimum atomic E-state index is -5.14.